The first-order valence-corrected chi connectivity index (χ1v) is 7.94. The lowest BCUT2D eigenvalue weighted by molar-refractivity contribution is -0.122. The van der Waals surface area contributed by atoms with E-state index in [1.54, 1.807) is 12.1 Å². The highest BCUT2D eigenvalue weighted by molar-refractivity contribution is 5.97. The number of benzene rings is 1. The molecule has 0 saturated heterocycles. The van der Waals surface area contributed by atoms with Crippen molar-refractivity contribution >= 4 is 11.8 Å². The quantitative estimate of drug-likeness (QED) is 0.672. The fourth-order valence-electron chi connectivity index (χ4n) is 2.34. The van der Waals surface area contributed by atoms with Gasteiger partial charge in [-0.05, 0) is 36.6 Å². The van der Waals surface area contributed by atoms with Crippen LogP contribution in [0.1, 0.15) is 29.3 Å². The van der Waals surface area contributed by atoms with Gasteiger partial charge in [-0.25, -0.2) is 8.78 Å². The first-order chi connectivity index (χ1) is 11.8. The van der Waals surface area contributed by atoms with Gasteiger partial charge in [0.15, 0.2) is 0 Å². The molecule has 1 aliphatic carbocycles. The minimum Gasteiger partial charge on any atom is -0.396 e. The number of carbonyl (C=O) groups excluding carboxylic acids is 2. The van der Waals surface area contributed by atoms with Crippen molar-refractivity contribution in [1.82, 2.24) is 5.32 Å². The van der Waals surface area contributed by atoms with Crippen LogP contribution in [0.4, 0.5) is 8.78 Å². The Morgan fingerprint density at radius 3 is 2.48 bits per heavy atom. The Bertz CT molecular complexity index is 695. The van der Waals surface area contributed by atoms with Gasteiger partial charge < -0.3 is 16.2 Å². The Balaban J connectivity index is 2.01. The number of halogens is 2. The molecule has 0 radical (unpaired) electrons. The second-order valence-electron chi connectivity index (χ2n) is 6.18. The molecule has 1 aromatic carbocycles. The van der Waals surface area contributed by atoms with Gasteiger partial charge in [0.05, 0.1) is 0 Å². The molecule has 1 aromatic rings. The molecule has 1 fully saturated rings. The molecule has 4 unspecified atom stereocenters. The van der Waals surface area contributed by atoms with E-state index in [1.165, 1.54) is 12.1 Å². The van der Waals surface area contributed by atoms with E-state index in [0.29, 0.717) is 5.56 Å². The van der Waals surface area contributed by atoms with E-state index < -0.39 is 30.2 Å². The minimum absolute atomic E-state index is 0.135. The number of aliphatic hydroxyl groups is 1. The summed E-state index contributed by atoms with van der Waals surface area (Å²) in [6.07, 6.45) is -1.89. The summed E-state index contributed by atoms with van der Waals surface area (Å²) in [6, 6.07) is 4.82. The van der Waals surface area contributed by atoms with Crippen LogP contribution in [0, 0.1) is 29.6 Å². The monoisotopic (exact) mass is 350 g/mol. The van der Waals surface area contributed by atoms with Crippen molar-refractivity contribution in [2.24, 2.45) is 23.5 Å². The number of rotatable bonds is 6. The molecule has 4 atom stereocenters. The van der Waals surface area contributed by atoms with Crippen LogP contribution < -0.4 is 11.1 Å². The number of amides is 2. The second-order valence-corrected chi connectivity index (χ2v) is 6.18. The molecule has 1 saturated carbocycles. The predicted molar refractivity (Wildman–Crippen MR) is 87.6 cm³/mol. The first-order valence-electron chi connectivity index (χ1n) is 7.94. The first kappa shape index (κ1) is 18.9. The van der Waals surface area contributed by atoms with E-state index in [4.69, 9.17) is 10.8 Å². The maximum Gasteiger partial charge on any atom is 0.251 e. The molecule has 0 bridgehead atoms. The fourth-order valence-corrected chi connectivity index (χ4v) is 2.34. The van der Waals surface area contributed by atoms with Crippen LogP contribution in [0.2, 0.25) is 0 Å². The van der Waals surface area contributed by atoms with Crippen molar-refractivity contribution in [1.29, 1.82) is 0 Å². The number of nitrogens with two attached hydrogens (primary N) is 1. The van der Waals surface area contributed by atoms with Crippen LogP contribution in [-0.2, 0) is 4.79 Å². The van der Waals surface area contributed by atoms with Gasteiger partial charge in [0.2, 0.25) is 12.3 Å². The molecular weight excluding hydrogens is 330 g/mol. The summed E-state index contributed by atoms with van der Waals surface area (Å²) in [4.78, 5) is 23.4. The van der Waals surface area contributed by atoms with Crippen LogP contribution in [-0.4, -0.2) is 36.0 Å². The largest absolute Gasteiger partial charge is 0.396 e. The third-order valence-corrected chi connectivity index (χ3v) is 4.22. The molecule has 2 amide bonds. The standard InChI is InChI=1S/C18H20F2N2O3/c1-10(16(19)20)15(17(21)24)22-18(25)12-5-2-11(3-6-12)4-7-13-8-14(13)9-23/h2-3,5-6,10,13-16,23H,8-9H2,1H3,(H2,21,24)(H,22,25). The van der Waals surface area contributed by atoms with E-state index in [1.807, 2.05) is 0 Å². The average molecular weight is 350 g/mol. The van der Waals surface area contributed by atoms with Crippen molar-refractivity contribution in [2.75, 3.05) is 6.61 Å². The van der Waals surface area contributed by atoms with Gasteiger partial charge in [-0.3, -0.25) is 9.59 Å². The van der Waals surface area contributed by atoms with Crippen molar-refractivity contribution in [2.45, 2.75) is 25.8 Å². The number of carbonyl (C=O) groups is 2. The Hall–Kier alpha value is -2.46. The minimum atomic E-state index is -2.78. The van der Waals surface area contributed by atoms with E-state index in [-0.39, 0.29) is 24.0 Å². The molecule has 0 spiro atoms. The Morgan fingerprint density at radius 1 is 1.36 bits per heavy atom. The Labute approximate surface area is 144 Å². The van der Waals surface area contributed by atoms with Gasteiger partial charge in [0.25, 0.3) is 5.91 Å². The van der Waals surface area contributed by atoms with Crippen molar-refractivity contribution in [3.63, 3.8) is 0 Å². The van der Waals surface area contributed by atoms with Crippen LogP contribution in [0.25, 0.3) is 0 Å². The fraction of sp³-hybridized carbons (Fsp3) is 0.444. The number of hydrogen-bond acceptors (Lipinski definition) is 3. The predicted octanol–water partition coefficient (Wildman–Crippen LogP) is 1.15. The van der Waals surface area contributed by atoms with Gasteiger partial charge in [0, 0.05) is 29.6 Å². The van der Waals surface area contributed by atoms with E-state index >= 15 is 0 Å². The number of nitrogens with one attached hydrogen (secondary N) is 1. The van der Waals surface area contributed by atoms with Crippen LogP contribution in [0.15, 0.2) is 24.3 Å². The normalized spacial score (nSPS) is 21.0. The molecule has 0 aliphatic heterocycles. The highest BCUT2D eigenvalue weighted by Crippen LogP contribution is 2.36. The Morgan fingerprint density at radius 2 is 2.00 bits per heavy atom. The Kier molecular flexibility index (Phi) is 6.10. The number of hydrogen-bond donors (Lipinski definition) is 3. The van der Waals surface area contributed by atoms with Crippen molar-refractivity contribution < 1.29 is 23.5 Å². The molecule has 7 heteroatoms. The second kappa shape index (κ2) is 8.08. The smallest absolute Gasteiger partial charge is 0.251 e. The third kappa shape index (κ3) is 5.00. The van der Waals surface area contributed by atoms with E-state index in [0.717, 1.165) is 13.3 Å². The van der Waals surface area contributed by atoms with Crippen LogP contribution >= 0.6 is 0 Å². The van der Waals surface area contributed by atoms with Gasteiger partial charge in [-0.15, -0.1) is 0 Å². The lowest BCUT2D eigenvalue weighted by atomic mass is 10.0. The summed E-state index contributed by atoms with van der Waals surface area (Å²) in [5.41, 5.74) is 6.02. The summed E-state index contributed by atoms with van der Waals surface area (Å²) in [7, 11) is 0. The van der Waals surface area contributed by atoms with Crippen molar-refractivity contribution in [3.05, 3.63) is 35.4 Å². The lowest BCUT2D eigenvalue weighted by Crippen LogP contribution is -2.50. The number of aliphatic hydroxyl groups excluding tert-OH is 1. The highest BCUT2D eigenvalue weighted by atomic mass is 19.3. The van der Waals surface area contributed by atoms with Gasteiger partial charge >= 0.3 is 0 Å². The van der Waals surface area contributed by atoms with E-state index in [2.05, 4.69) is 17.2 Å². The van der Waals surface area contributed by atoms with Crippen LogP contribution in [0.5, 0.6) is 0 Å². The molecule has 0 aromatic heterocycles. The third-order valence-electron chi connectivity index (χ3n) is 4.22. The summed E-state index contributed by atoms with van der Waals surface area (Å²) in [6.45, 7) is 1.28. The van der Waals surface area contributed by atoms with E-state index in [9.17, 15) is 18.4 Å². The molecule has 25 heavy (non-hydrogen) atoms. The zero-order valence-corrected chi connectivity index (χ0v) is 13.7. The summed E-state index contributed by atoms with van der Waals surface area (Å²) in [5.74, 6) is 3.42. The molecule has 4 N–H and O–H groups in total. The zero-order valence-electron chi connectivity index (χ0n) is 13.7. The van der Waals surface area contributed by atoms with Gasteiger partial charge in [0.1, 0.15) is 6.04 Å². The van der Waals surface area contributed by atoms with Gasteiger partial charge in [-0.1, -0.05) is 18.8 Å². The van der Waals surface area contributed by atoms with Crippen LogP contribution in [0.3, 0.4) is 0 Å². The SMILES string of the molecule is CC(C(F)F)C(NC(=O)c1ccc(C#CC2CC2CO)cc1)C(N)=O. The topological polar surface area (TPSA) is 92.4 Å². The lowest BCUT2D eigenvalue weighted by Gasteiger charge is -2.21. The maximum absolute atomic E-state index is 12.8. The number of alkyl halides is 2. The molecule has 2 rings (SSSR count). The maximum atomic E-state index is 12.8. The molecule has 5 nitrogen and oxygen atoms in total. The highest BCUT2D eigenvalue weighted by Gasteiger charge is 2.34. The zero-order chi connectivity index (χ0) is 18.6. The summed E-state index contributed by atoms with van der Waals surface area (Å²) >= 11 is 0. The van der Waals surface area contributed by atoms with Gasteiger partial charge in [-0.2, -0.15) is 0 Å². The molecule has 134 valence electrons. The van der Waals surface area contributed by atoms with Crippen molar-refractivity contribution in [3.8, 4) is 11.8 Å². The average Bonchev–Trinajstić information content (AvgIpc) is 3.35. The molecular formula is C18H20F2N2O3. The number of primary amides is 1. The molecule has 1 aliphatic rings. The summed E-state index contributed by atoms with van der Waals surface area (Å²) < 4.78 is 25.5. The summed E-state index contributed by atoms with van der Waals surface area (Å²) in [5, 5.41) is 11.2. The molecule has 0 heterocycles.